The van der Waals surface area contributed by atoms with E-state index >= 15 is 0 Å². The van der Waals surface area contributed by atoms with Crippen LogP contribution in [0.25, 0.3) is 0 Å². The second kappa shape index (κ2) is 7.15. The van der Waals surface area contributed by atoms with Gasteiger partial charge in [-0.2, -0.15) is 0 Å². The minimum absolute atomic E-state index is 1.26. The summed E-state index contributed by atoms with van der Waals surface area (Å²) in [7, 11) is 0. The van der Waals surface area contributed by atoms with E-state index in [9.17, 15) is 0 Å². The number of hydrogen-bond acceptors (Lipinski definition) is 0. The summed E-state index contributed by atoms with van der Waals surface area (Å²) in [5.41, 5.74) is 2.97. The van der Waals surface area contributed by atoms with E-state index in [0.29, 0.717) is 0 Å². The van der Waals surface area contributed by atoms with Gasteiger partial charge < -0.3 is 0 Å². The summed E-state index contributed by atoms with van der Waals surface area (Å²) in [6.07, 6.45) is 0. The first kappa shape index (κ1) is 15.4. The van der Waals surface area contributed by atoms with Gasteiger partial charge in [0.1, 0.15) is 0 Å². The Labute approximate surface area is 137 Å². The quantitative estimate of drug-likeness (QED) is 0.559. The molecule has 3 aromatic rings. The van der Waals surface area contributed by atoms with Crippen molar-refractivity contribution in [1.82, 2.24) is 0 Å². The Morgan fingerprint density at radius 1 is 0.545 bits per heavy atom. The molecule has 0 saturated carbocycles. The molecule has 0 aliphatic rings. The molecule has 3 rings (SSSR count). The van der Waals surface area contributed by atoms with Crippen LogP contribution in [0.5, 0.6) is 0 Å². The second-order valence-electron chi connectivity index (χ2n) is 6.25. The van der Waals surface area contributed by atoms with Crippen LogP contribution in [-0.2, 0) is 8.87 Å². The zero-order valence-corrected chi connectivity index (χ0v) is 15.9. The zero-order valence-electron chi connectivity index (χ0n) is 13.1. The van der Waals surface area contributed by atoms with Crippen LogP contribution >= 0.6 is 0 Å². The van der Waals surface area contributed by atoms with Crippen LogP contribution in [0.4, 0.5) is 0 Å². The first-order valence-corrected chi connectivity index (χ1v) is 16.2. The van der Waals surface area contributed by atoms with E-state index in [1.807, 2.05) is 0 Å². The summed E-state index contributed by atoms with van der Waals surface area (Å²) in [5.74, 6) is 0. The van der Waals surface area contributed by atoms with Gasteiger partial charge in [-0.05, 0) is 0 Å². The molecular weight excluding hydrogens is 371 g/mol. The van der Waals surface area contributed by atoms with Gasteiger partial charge >= 0.3 is 138 Å². The molecule has 0 aliphatic carbocycles. The molecule has 110 valence electrons. The van der Waals surface area contributed by atoms with Gasteiger partial charge in [-0.15, -0.1) is 0 Å². The fourth-order valence-electron chi connectivity index (χ4n) is 3.20. The zero-order chi connectivity index (χ0) is 15.3. The van der Waals surface area contributed by atoms with Crippen LogP contribution in [0.1, 0.15) is 11.1 Å². The monoisotopic (exact) mass is 394 g/mol. The maximum atomic E-state index is 2.59. The van der Waals surface area contributed by atoms with Gasteiger partial charge in [0.05, 0.1) is 0 Å². The molecule has 0 unspecified atom stereocenters. The van der Waals surface area contributed by atoms with Crippen LogP contribution < -0.4 is 3.58 Å². The standard InChI is InChI=1S/2C7H7.C6H5.CH3.Sn/c2*1-7-5-3-2-4-6-7;1-2-4-6-5-3-1;;/h2*2-6H,1H2;1-5H;1H3;. The average Bonchev–Trinajstić information content (AvgIpc) is 2.57. The Balaban J connectivity index is 1.95. The van der Waals surface area contributed by atoms with Crippen LogP contribution in [0.3, 0.4) is 0 Å². The molecule has 0 aliphatic heterocycles. The normalized spacial score (nSPS) is 11.3. The molecule has 0 amide bonds. The summed E-state index contributed by atoms with van der Waals surface area (Å²) in [4.78, 5) is 2.59. The second-order valence-corrected chi connectivity index (χ2v) is 18.8. The van der Waals surface area contributed by atoms with Crippen LogP contribution in [0.2, 0.25) is 4.94 Å². The molecule has 3 aromatic carbocycles. The minimum atomic E-state index is -2.48. The molecule has 0 heterocycles. The third kappa shape index (κ3) is 3.80. The summed E-state index contributed by atoms with van der Waals surface area (Å²) < 4.78 is 4.13. The molecule has 0 N–H and O–H groups in total. The summed E-state index contributed by atoms with van der Waals surface area (Å²) in [6.45, 7) is 0. The fraction of sp³-hybridized carbons (Fsp3) is 0.143. The number of rotatable bonds is 5. The SMILES string of the molecule is [CH3][Sn]([CH2]c1ccccc1)([CH2]c1ccccc1)[c]1ccccc1. The molecule has 0 saturated heterocycles. The molecule has 0 aromatic heterocycles. The van der Waals surface area contributed by atoms with E-state index in [4.69, 9.17) is 0 Å². The number of benzene rings is 3. The third-order valence-electron chi connectivity index (χ3n) is 4.34. The summed E-state index contributed by atoms with van der Waals surface area (Å²) >= 11 is -2.48. The van der Waals surface area contributed by atoms with Gasteiger partial charge in [0.25, 0.3) is 0 Å². The van der Waals surface area contributed by atoms with E-state index in [2.05, 4.69) is 95.9 Å². The predicted octanol–water partition coefficient (Wildman–Crippen LogP) is 4.54. The maximum absolute atomic E-state index is 2.59. The van der Waals surface area contributed by atoms with E-state index in [-0.39, 0.29) is 0 Å². The number of hydrogen-bond donors (Lipinski definition) is 0. The Kier molecular flexibility index (Phi) is 4.99. The first-order chi connectivity index (χ1) is 10.8. The van der Waals surface area contributed by atoms with Gasteiger partial charge in [-0.1, -0.05) is 0 Å². The van der Waals surface area contributed by atoms with Gasteiger partial charge in [0, 0.05) is 0 Å². The van der Waals surface area contributed by atoms with Gasteiger partial charge in [0.15, 0.2) is 0 Å². The molecule has 0 fully saturated rings. The van der Waals surface area contributed by atoms with Crippen LogP contribution in [0, 0.1) is 0 Å². The average molecular weight is 393 g/mol. The van der Waals surface area contributed by atoms with Gasteiger partial charge in [-0.25, -0.2) is 0 Å². The van der Waals surface area contributed by atoms with Crippen molar-refractivity contribution in [2.45, 2.75) is 13.8 Å². The first-order valence-electron chi connectivity index (χ1n) is 7.90. The molecule has 0 radical (unpaired) electrons. The Morgan fingerprint density at radius 3 is 1.32 bits per heavy atom. The van der Waals surface area contributed by atoms with E-state index in [1.165, 1.54) is 20.0 Å². The Morgan fingerprint density at radius 2 is 0.909 bits per heavy atom. The molecule has 0 atom stereocenters. The summed E-state index contributed by atoms with van der Waals surface area (Å²) in [5, 5.41) is 0. The van der Waals surface area contributed by atoms with Crippen molar-refractivity contribution in [2.75, 3.05) is 0 Å². The van der Waals surface area contributed by atoms with E-state index in [0.717, 1.165) is 0 Å². The van der Waals surface area contributed by atoms with Crippen molar-refractivity contribution in [1.29, 1.82) is 0 Å². The predicted molar refractivity (Wildman–Crippen MR) is 98.0 cm³/mol. The van der Waals surface area contributed by atoms with Crippen molar-refractivity contribution in [3.05, 3.63) is 102 Å². The van der Waals surface area contributed by atoms with E-state index in [1.54, 1.807) is 3.58 Å². The van der Waals surface area contributed by atoms with Crippen molar-refractivity contribution in [3.8, 4) is 0 Å². The molecule has 1 heteroatoms. The van der Waals surface area contributed by atoms with Crippen LogP contribution in [0.15, 0.2) is 91.0 Å². The Bertz CT molecular complexity index is 648. The van der Waals surface area contributed by atoms with Crippen molar-refractivity contribution in [2.24, 2.45) is 0 Å². The molecule has 0 nitrogen and oxygen atoms in total. The van der Waals surface area contributed by atoms with Crippen molar-refractivity contribution < 1.29 is 0 Å². The van der Waals surface area contributed by atoms with E-state index < -0.39 is 18.4 Å². The molecule has 22 heavy (non-hydrogen) atoms. The topological polar surface area (TPSA) is 0 Å². The Hall–Kier alpha value is -1.54. The molecular formula is C21H22Sn. The fourth-order valence-corrected chi connectivity index (χ4v) is 14.1. The molecule has 0 bridgehead atoms. The van der Waals surface area contributed by atoms with Gasteiger partial charge in [-0.3, -0.25) is 0 Å². The third-order valence-corrected chi connectivity index (χ3v) is 16.1. The van der Waals surface area contributed by atoms with Gasteiger partial charge in [0.2, 0.25) is 0 Å². The summed E-state index contributed by atoms with van der Waals surface area (Å²) in [6, 6.07) is 33.2. The van der Waals surface area contributed by atoms with Crippen LogP contribution in [-0.4, -0.2) is 18.4 Å². The van der Waals surface area contributed by atoms with Crippen molar-refractivity contribution in [3.63, 3.8) is 0 Å². The van der Waals surface area contributed by atoms with Crippen molar-refractivity contribution >= 4 is 22.0 Å². The molecule has 0 spiro atoms.